The van der Waals surface area contributed by atoms with Gasteiger partial charge in [0.1, 0.15) is 0 Å². The molecule has 1 aliphatic carbocycles. The Hall–Kier alpha value is -0.890. The first-order valence-corrected chi connectivity index (χ1v) is 5.87. The summed E-state index contributed by atoms with van der Waals surface area (Å²) in [5, 5.41) is 0. The lowest BCUT2D eigenvalue weighted by Crippen LogP contribution is -1.96. The fourth-order valence-corrected chi connectivity index (χ4v) is 2.96. The van der Waals surface area contributed by atoms with Crippen molar-refractivity contribution in [2.75, 3.05) is 0 Å². The fourth-order valence-electron chi connectivity index (χ4n) is 1.80. The lowest BCUT2D eigenvalue weighted by atomic mass is 9.99. The normalized spacial score (nSPS) is 15.8. The molecule has 0 fully saturated rings. The van der Waals surface area contributed by atoms with E-state index in [0.717, 1.165) is 0 Å². The quantitative estimate of drug-likeness (QED) is 0.679. The van der Waals surface area contributed by atoms with E-state index in [-0.39, 0.29) is 5.78 Å². The Bertz CT molecular complexity index is 350. The summed E-state index contributed by atoms with van der Waals surface area (Å²) in [6.07, 6.45) is 8.68. The van der Waals surface area contributed by atoms with Crippen molar-refractivity contribution < 1.29 is 4.79 Å². The van der Waals surface area contributed by atoms with Crippen LogP contribution < -0.4 is 0 Å². The summed E-state index contributed by atoms with van der Waals surface area (Å²) in [5.74, 6) is 0.122. The fraction of sp³-hybridized carbons (Fsp3) is 0.417. The molecule has 0 atom stereocenters. The number of ketones is 1. The van der Waals surface area contributed by atoms with Crippen LogP contribution in [0, 0.1) is 0 Å². The second kappa shape index (κ2) is 4.09. The summed E-state index contributed by atoms with van der Waals surface area (Å²) >= 11 is 1.84. The van der Waals surface area contributed by atoms with Crippen LogP contribution in [0.2, 0.25) is 0 Å². The SMILES string of the molecule is CC(=O)/C=C/c1cc2c(s1)CCCC2. The summed E-state index contributed by atoms with van der Waals surface area (Å²) in [7, 11) is 0. The molecule has 2 rings (SSSR count). The number of fused-ring (bicyclic) bond motifs is 1. The van der Waals surface area contributed by atoms with Gasteiger partial charge in [-0.05, 0) is 56.4 Å². The highest BCUT2D eigenvalue weighted by Crippen LogP contribution is 2.30. The average Bonchev–Trinajstić information content (AvgIpc) is 2.57. The molecule has 0 saturated heterocycles. The maximum Gasteiger partial charge on any atom is 0.152 e. The van der Waals surface area contributed by atoms with Gasteiger partial charge in [-0.3, -0.25) is 4.79 Å². The van der Waals surface area contributed by atoms with E-state index >= 15 is 0 Å². The van der Waals surface area contributed by atoms with E-state index in [1.165, 1.54) is 41.0 Å². The van der Waals surface area contributed by atoms with Gasteiger partial charge in [-0.15, -0.1) is 11.3 Å². The van der Waals surface area contributed by atoms with Gasteiger partial charge in [-0.25, -0.2) is 0 Å². The van der Waals surface area contributed by atoms with Crippen molar-refractivity contribution in [1.82, 2.24) is 0 Å². The van der Waals surface area contributed by atoms with Crippen molar-refractivity contribution in [2.45, 2.75) is 32.6 Å². The summed E-state index contributed by atoms with van der Waals surface area (Å²) in [5.41, 5.74) is 1.50. The van der Waals surface area contributed by atoms with Crippen molar-refractivity contribution >= 4 is 23.2 Å². The summed E-state index contributed by atoms with van der Waals surface area (Å²) in [4.78, 5) is 13.5. The third-order valence-electron chi connectivity index (χ3n) is 2.50. The van der Waals surface area contributed by atoms with Gasteiger partial charge in [0.25, 0.3) is 0 Å². The van der Waals surface area contributed by atoms with Crippen LogP contribution in [0.25, 0.3) is 6.08 Å². The Morgan fingerprint density at radius 3 is 2.93 bits per heavy atom. The molecule has 0 aliphatic heterocycles. The highest BCUT2D eigenvalue weighted by atomic mass is 32.1. The zero-order chi connectivity index (χ0) is 9.97. The predicted molar refractivity (Wildman–Crippen MR) is 60.7 cm³/mol. The van der Waals surface area contributed by atoms with Crippen LogP contribution >= 0.6 is 11.3 Å². The lowest BCUT2D eigenvalue weighted by Gasteiger charge is -2.08. The highest BCUT2D eigenvalue weighted by molar-refractivity contribution is 7.13. The predicted octanol–water partition coefficient (Wildman–Crippen LogP) is 3.23. The molecule has 0 aromatic carbocycles. The minimum atomic E-state index is 0.122. The second-order valence-corrected chi connectivity index (χ2v) is 4.92. The molecule has 0 spiro atoms. The maximum absolute atomic E-state index is 10.8. The van der Waals surface area contributed by atoms with Crippen molar-refractivity contribution in [3.63, 3.8) is 0 Å². The molecular weight excluding hydrogens is 192 g/mol. The Kier molecular flexibility index (Phi) is 2.82. The van der Waals surface area contributed by atoms with Crippen molar-refractivity contribution in [1.29, 1.82) is 0 Å². The molecule has 0 saturated carbocycles. The third kappa shape index (κ3) is 2.13. The number of aryl methyl sites for hydroxylation is 2. The molecule has 1 heterocycles. The first-order chi connectivity index (χ1) is 6.75. The highest BCUT2D eigenvalue weighted by Gasteiger charge is 2.11. The first-order valence-electron chi connectivity index (χ1n) is 5.06. The molecule has 0 N–H and O–H groups in total. The largest absolute Gasteiger partial charge is 0.295 e. The number of carbonyl (C=O) groups is 1. The zero-order valence-corrected chi connectivity index (χ0v) is 9.19. The van der Waals surface area contributed by atoms with Crippen LogP contribution in [0.5, 0.6) is 0 Å². The van der Waals surface area contributed by atoms with E-state index in [9.17, 15) is 4.79 Å². The van der Waals surface area contributed by atoms with Crippen molar-refractivity contribution in [2.24, 2.45) is 0 Å². The van der Waals surface area contributed by atoms with Gasteiger partial charge in [0.05, 0.1) is 0 Å². The Morgan fingerprint density at radius 2 is 2.21 bits per heavy atom. The Balaban J connectivity index is 2.20. The van der Waals surface area contributed by atoms with Gasteiger partial charge >= 0.3 is 0 Å². The summed E-state index contributed by atoms with van der Waals surface area (Å²) in [6, 6.07) is 2.23. The number of hydrogen-bond acceptors (Lipinski definition) is 2. The molecular formula is C12H14OS. The molecule has 14 heavy (non-hydrogen) atoms. The first kappa shape index (κ1) is 9.66. The van der Waals surface area contributed by atoms with Crippen LogP contribution in [0.4, 0.5) is 0 Å². The van der Waals surface area contributed by atoms with Crippen LogP contribution in [-0.2, 0) is 17.6 Å². The van der Waals surface area contributed by atoms with Gasteiger partial charge in [-0.1, -0.05) is 0 Å². The number of allylic oxidation sites excluding steroid dienone is 1. The monoisotopic (exact) mass is 206 g/mol. The number of rotatable bonds is 2. The molecule has 1 aliphatic rings. The van der Waals surface area contributed by atoms with E-state index in [4.69, 9.17) is 0 Å². The minimum absolute atomic E-state index is 0.122. The topological polar surface area (TPSA) is 17.1 Å². The third-order valence-corrected chi connectivity index (χ3v) is 3.70. The van der Waals surface area contributed by atoms with Crippen molar-refractivity contribution in [3.05, 3.63) is 27.5 Å². The smallest absolute Gasteiger partial charge is 0.152 e. The Labute approximate surface area is 88.5 Å². The van der Waals surface area contributed by atoms with Gasteiger partial charge < -0.3 is 0 Å². The Morgan fingerprint density at radius 1 is 1.43 bits per heavy atom. The van der Waals surface area contributed by atoms with Gasteiger partial charge in [0, 0.05) is 9.75 Å². The van der Waals surface area contributed by atoms with E-state index in [1.54, 1.807) is 13.0 Å². The maximum atomic E-state index is 10.8. The minimum Gasteiger partial charge on any atom is -0.295 e. The molecule has 2 heteroatoms. The van der Waals surface area contributed by atoms with Crippen LogP contribution in [-0.4, -0.2) is 5.78 Å². The summed E-state index contributed by atoms with van der Waals surface area (Å²) in [6.45, 7) is 1.59. The zero-order valence-electron chi connectivity index (χ0n) is 8.38. The van der Waals surface area contributed by atoms with E-state index in [2.05, 4.69) is 6.07 Å². The van der Waals surface area contributed by atoms with Crippen molar-refractivity contribution in [3.8, 4) is 0 Å². The number of thiophene rings is 1. The number of carbonyl (C=O) groups excluding carboxylic acids is 1. The molecule has 0 bridgehead atoms. The van der Waals surface area contributed by atoms with E-state index < -0.39 is 0 Å². The molecule has 0 unspecified atom stereocenters. The van der Waals surface area contributed by atoms with Crippen LogP contribution in [0.1, 0.15) is 35.1 Å². The molecule has 74 valence electrons. The van der Waals surface area contributed by atoms with Crippen LogP contribution in [0.3, 0.4) is 0 Å². The molecule has 0 radical (unpaired) electrons. The summed E-state index contributed by atoms with van der Waals surface area (Å²) < 4.78 is 0. The van der Waals surface area contributed by atoms with E-state index in [1.807, 2.05) is 17.4 Å². The molecule has 0 amide bonds. The van der Waals surface area contributed by atoms with Gasteiger partial charge in [-0.2, -0.15) is 0 Å². The molecule has 1 nitrogen and oxygen atoms in total. The molecule has 1 aromatic heterocycles. The van der Waals surface area contributed by atoms with Gasteiger partial charge in [0.2, 0.25) is 0 Å². The van der Waals surface area contributed by atoms with Gasteiger partial charge in [0.15, 0.2) is 5.78 Å². The average molecular weight is 206 g/mol. The number of hydrogen-bond donors (Lipinski definition) is 0. The molecule has 1 aromatic rings. The standard InChI is InChI=1S/C12H14OS/c1-9(13)6-7-11-8-10-4-2-3-5-12(10)14-11/h6-8H,2-5H2,1H3/b7-6+. The lowest BCUT2D eigenvalue weighted by molar-refractivity contribution is -0.112. The van der Waals surface area contributed by atoms with Crippen LogP contribution in [0.15, 0.2) is 12.1 Å². The van der Waals surface area contributed by atoms with E-state index in [0.29, 0.717) is 0 Å². The second-order valence-electron chi connectivity index (χ2n) is 3.75.